The molecule has 0 amide bonds. The first-order valence-corrected chi connectivity index (χ1v) is 5.81. The van der Waals surface area contributed by atoms with Crippen LogP contribution in [0, 0.1) is 0 Å². The minimum absolute atomic E-state index is 0.272. The van der Waals surface area contributed by atoms with Crippen molar-refractivity contribution in [1.82, 2.24) is 0 Å². The van der Waals surface area contributed by atoms with Crippen LogP contribution in [0.25, 0.3) is 27.1 Å². The number of carbonyl (C=O) groups is 1. The molecule has 0 aromatic heterocycles. The molecule has 88 valence electrons. The summed E-state index contributed by atoms with van der Waals surface area (Å²) in [5, 5.41) is 14.7. The number of phenolic OH excluding ortho intramolecular Hbond substituents is 1. The second-order valence-electron chi connectivity index (χ2n) is 4.45. The Morgan fingerprint density at radius 3 is 2.67 bits per heavy atom. The highest BCUT2D eigenvalue weighted by Gasteiger charge is 2.07. The highest BCUT2D eigenvalue weighted by atomic mass is 16.3. The molecule has 3 aromatic rings. The SMILES string of the molecule is CC(C=O)=c1ccc2c(O)ccc3cccc1c32. The number of aldehydes is 1. The Morgan fingerprint density at radius 1 is 1.06 bits per heavy atom. The van der Waals surface area contributed by atoms with E-state index in [1.54, 1.807) is 13.0 Å². The molecular weight excluding hydrogens is 224 g/mol. The molecular formula is C16H12O2. The third-order valence-corrected chi connectivity index (χ3v) is 3.37. The maximum Gasteiger partial charge on any atom is 0.146 e. The van der Waals surface area contributed by atoms with E-state index in [1.165, 1.54) is 0 Å². The predicted molar refractivity (Wildman–Crippen MR) is 73.5 cm³/mol. The topological polar surface area (TPSA) is 37.3 Å². The van der Waals surface area contributed by atoms with E-state index >= 15 is 0 Å². The van der Waals surface area contributed by atoms with Crippen molar-refractivity contribution in [3.8, 4) is 5.75 Å². The fourth-order valence-electron chi connectivity index (χ4n) is 2.45. The van der Waals surface area contributed by atoms with Crippen LogP contribution in [-0.2, 0) is 4.79 Å². The van der Waals surface area contributed by atoms with Gasteiger partial charge < -0.3 is 5.11 Å². The van der Waals surface area contributed by atoms with Crippen LogP contribution < -0.4 is 5.22 Å². The van der Waals surface area contributed by atoms with E-state index in [4.69, 9.17) is 0 Å². The number of hydrogen-bond acceptors (Lipinski definition) is 2. The number of aromatic hydroxyl groups is 1. The summed E-state index contributed by atoms with van der Waals surface area (Å²) in [7, 11) is 0. The lowest BCUT2D eigenvalue weighted by molar-refractivity contribution is -0.103. The molecule has 0 bridgehead atoms. The van der Waals surface area contributed by atoms with Gasteiger partial charge in [0.25, 0.3) is 0 Å². The Labute approximate surface area is 104 Å². The van der Waals surface area contributed by atoms with Crippen LogP contribution in [0.2, 0.25) is 0 Å². The second kappa shape index (κ2) is 3.84. The second-order valence-corrected chi connectivity index (χ2v) is 4.45. The molecule has 0 heterocycles. The molecule has 0 saturated carbocycles. The van der Waals surface area contributed by atoms with Crippen molar-refractivity contribution in [2.75, 3.05) is 0 Å². The molecule has 0 aliphatic rings. The minimum Gasteiger partial charge on any atom is -0.507 e. The van der Waals surface area contributed by atoms with Gasteiger partial charge in [0.05, 0.1) is 0 Å². The molecule has 0 radical (unpaired) electrons. The van der Waals surface area contributed by atoms with Gasteiger partial charge in [-0.15, -0.1) is 0 Å². The average Bonchev–Trinajstić information content (AvgIpc) is 2.42. The number of benzene rings is 3. The summed E-state index contributed by atoms with van der Waals surface area (Å²) in [4.78, 5) is 11.0. The van der Waals surface area contributed by atoms with E-state index in [0.29, 0.717) is 5.57 Å². The van der Waals surface area contributed by atoms with E-state index in [1.807, 2.05) is 36.4 Å². The lowest BCUT2D eigenvalue weighted by atomic mass is 9.97. The molecule has 0 saturated heterocycles. The van der Waals surface area contributed by atoms with Crippen LogP contribution in [0.5, 0.6) is 5.75 Å². The first kappa shape index (κ1) is 10.8. The maximum atomic E-state index is 11.0. The number of phenols is 1. The van der Waals surface area contributed by atoms with E-state index in [-0.39, 0.29) is 5.75 Å². The van der Waals surface area contributed by atoms with Crippen LogP contribution in [0.1, 0.15) is 6.92 Å². The van der Waals surface area contributed by atoms with Gasteiger partial charge in [0.2, 0.25) is 0 Å². The zero-order valence-corrected chi connectivity index (χ0v) is 9.97. The van der Waals surface area contributed by atoms with E-state index in [2.05, 4.69) is 0 Å². The summed E-state index contributed by atoms with van der Waals surface area (Å²) in [5.41, 5.74) is 0.702. The molecule has 2 nitrogen and oxygen atoms in total. The molecule has 0 aliphatic heterocycles. The van der Waals surface area contributed by atoms with Gasteiger partial charge in [-0.1, -0.05) is 30.3 Å². The first-order valence-electron chi connectivity index (χ1n) is 5.81. The van der Waals surface area contributed by atoms with Crippen molar-refractivity contribution in [2.45, 2.75) is 6.92 Å². The average molecular weight is 236 g/mol. The van der Waals surface area contributed by atoms with Gasteiger partial charge in [-0.3, -0.25) is 4.79 Å². The lowest BCUT2D eigenvalue weighted by Gasteiger charge is -2.08. The molecule has 18 heavy (non-hydrogen) atoms. The molecule has 0 fully saturated rings. The Kier molecular flexibility index (Phi) is 2.30. The van der Waals surface area contributed by atoms with Gasteiger partial charge in [-0.2, -0.15) is 0 Å². The van der Waals surface area contributed by atoms with Gasteiger partial charge in [-0.25, -0.2) is 0 Å². The van der Waals surface area contributed by atoms with E-state index < -0.39 is 0 Å². The fourth-order valence-corrected chi connectivity index (χ4v) is 2.45. The number of carbonyl (C=O) groups excluding carboxylic acids is 1. The standard InChI is InChI=1S/C16H12O2/c1-10(9-17)12-6-7-14-15(18)8-5-11-3-2-4-13(12)16(11)14/h2-9,18H,1H3. The molecule has 0 atom stereocenters. The lowest BCUT2D eigenvalue weighted by Crippen LogP contribution is -2.06. The Morgan fingerprint density at radius 2 is 1.89 bits per heavy atom. The zero-order chi connectivity index (χ0) is 12.7. The first-order chi connectivity index (χ1) is 8.72. The van der Waals surface area contributed by atoms with Crippen molar-refractivity contribution < 1.29 is 9.90 Å². The predicted octanol–water partition coefficient (Wildman–Crippen LogP) is 2.79. The summed E-state index contributed by atoms with van der Waals surface area (Å²) in [6.07, 6.45) is 0.867. The molecule has 2 heteroatoms. The quantitative estimate of drug-likeness (QED) is 0.660. The smallest absolute Gasteiger partial charge is 0.146 e. The highest BCUT2D eigenvalue weighted by molar-refractivity contribution is 6.14. The van der Waals surface area contributed by atoms with Gasteiger partial charge in [0.15, 0.2) is 0 Å². The molecule has 0 spiro atoms. The van der Waals surface area contributed by atoms with Crippen LogP contribution in [-0.4, -0.2) is 11.4 Å². The van der Waals surface area contributed by atoms with Crippen molar-refractivity contribution in [3.05, 3.63) is 47.7 Å². The van der Waals surface area contributed by atoms with Gasteiger partial charge in [-0.05, 0) is 40.6 Å². The van der Waals surface area contributed by atoms with Crippen LogP contribution in [0.3, 0.4) is 0 Å². The van der Waals surface area contributed by atoms with E-state index in [0.717, 1.165) is 33.0 Å². The molecule has 1 N–H and O–H groups in total. The van der Waals surface area contributed by atoms with Gasteiger partial charge in [0.1, 0.15) is 12.0 Å². The summed E-state index contributed by atoms with van der Waals surface area (Å²) in [5.74, 6) is 0.272. The molecule has 3 rings (SSSR count). The molecule has 0 unspecified atom stereocenters. The Balaban J connectivity index is 2.69. The van der Waals surface area contributed by atoms with Gasteiger partial charge >= 0.3 is 0 Å². The highest BCUT2D eigenvalue weighted by Crippen LogP contribution is 2.30. The number of hydrogen-bond donors (Lipinski definition) is 1. The minimum atomic E-state index is 0.272. The van der Waals surface area contributed by atoms with Crippen LogP contribution in [0.4, 0.5) is 0 Å². The van der Waals surface area contributed by atoms with Crippen molar-refractivity contribution in [2.24, 2.45) is 0 Å². The van der Waals surface area contributed by atoms with Crippen molar-refractivity contribution in [1.29, 1.82) is 0 Å². The monoisotopic (exact) mass is 236 g/mol. The van der Waals surface area contributed by atoms with E-state index in [9.17, 15) is 9.90 Å². The summed E-state index contributed by atoms with van der Waals surface area (Å²) < 4.78 is 0. The largest absolute Gasteiger partial charge is 0.507 e. The Hall–Kier alpha value is -2.35. The zero-order valence-electron chi connectivity index (χ0n) is 9.97. The maximum absolute atomic E-state index is 11.0. The van der Waals surface area contributed by atoms with Crippen molar-refractivity contribution >= 4 is 33.4 Å². The third kappa shape index (κ3) is 1.39. The normalized spacial score (nSPS) is 12.9. The number of rotatable bonds is 1. The fraction of sp³-hybridized carbons (Fsp3) is 0.0625. The summed E-state index contributed by atoms with van der Waals surface area (Å²) >= 11 is 0. The van der Waals surface area contributed by atoms with Gasteiger partial charge in [0, 0.05) is 10.8 Å². The molecule has 3 aromatic carbocycles. The Bertz CT molecular complexity index is 816. The van der Waals surface area contributed by atoms with Crippen LogP contribution >= 0.6 is 0 Å². The molecule has 0 aliphatic carbocycles. The van der Waals surface area contributed by atoms with Crippen molar-refractivity contribution in [3.63, 3.8) is 0 Å². The summed E-state index contributed by atoms with van der Waals surface area (Å²) in [6.45, 7) is 1.80. The summed E-state index contributed by atoms with van der Waals surface area (Å²) in [6, 6.07) is 13.3. The van der Waals surface area contributed by atoms with Crippen LogP contribution in [0.15, 0.2) is 42.5 Å². The third-order valence-electron chi connectivity index (χ3n) is 3.37.